The predicted molar refractivity (Wildman–Crippen MR) is 101 cm³/mol. The van der Waals surface area contributed by atoms with E-state index in [9.17, 15) is 4.79 Å². The minimum absolute atomic E-state index is 0.163. The van der Waals surface area contributed by atoms with Gasteiger partial charge in [-0.25, -0.2) is 4.79 Å². The van der Waals surface area contributed by atoms with E-state index in [-0.39, 0.29) is 18.2 Å². The van der Waals surface area contributed by atoms with Crippen LogP contribution in [-0.4, -0.2) is 36.3 Å². The molecule has 0 fully saturated rings. The average molecular weight is 394 g/mol. The van der Waals surface area contributed by atoms with E-state index in [1.54, 1.807) is 13.0 Å². The smallest absolute Gasteiger partial charge is 0.357 e. The third-order valence-corrected chi connectivity index (χ3v) is 4.42. The Bertz CT molecular complexity index is 1100. The summed E-state index contributed by atoms with van der Waals surface area (Å²) < 4.78 is 11.8. The number of aryl methyl sites for hydroxylation is 1. The molecule has 0 spiro atoms. The number of esters is 1. The van der Waals surface area contributed by atoms with E-state index in [1.165, 1.54) is 16.0 Å². The zero-order chi connectivity index (χ0) is 19.3. The molecule has 10 heteroatoms. The highest BCUT2D eigenvalue weighted by Crippen LogP contribution is 2.19. The average Bonchev–Trinajstić information content (AvgIpc) is 3.46. The Morgan fingerprint density at radius 2 is 2.14 bits per heavy atom. The highest BCUT2D eigenvalue weighted by molar-refractivity contribution is 7.08. The van der Waals surface area contributed by atoms with E-state index in [1.807, 2.05) is 47.2 Å². The van der Waals surface area contributed by atoms with E-state index in [0.717, 1.165) is 11.1 Å². The molecule has 0 bridgehead atoms. The Morgan fingerprint density at radius 1 is 1.29 bits per heavy atom. The molecule has 0 aliphatic rings. The molecule has 28 heavy (non-hydrogen) atoms. The van der Waals surface area contributed by atoms with Crippen molar-refractivity contribution in [1.82, 2.24) is 30.3 Å². The van der Waals surface area contributed by atoms with Gasteiger partial charge in [-0.15, -0.1) is 5.10 Å². The molecular weight excluding hydrogens is 380 g/mol. The molecule has 0 aliphatic carbocycles. The topological polar surface area (TPSA) is 109 Å². The molecule has 1 aromatic carbocycles. The second kappa shape index (κ2) is 7.92. The third kappa shape index (κ3) is 3.86. The van der Waals surface area contributed by atoms with Crippen LogP contribution < -0.4 is 0 Å². The van der Waals surface area contributed by atoms with Crippen LogP contribution >= 0.6 is 11.3 Å². The van der Waals surface area contributed by atoms with Gasteiger partial charge in [0.1, 0.15) is 0 Å². The first kappa shape index (κ1) is 17.7. The summed E-state index contributed by atoms with van der Waals surface area (Å²) in [7, 11) is 0. The Balaban J connectivity index is 1.53. The normalized spacial score (nSPS) is 11.5. The maximum Gasteiger partial charge on any atom is 0.357 e. The van der Waals surface area contributed by atoms with Crippen molar-refractivity contribution in [2.45, 2.75) is 13.5 Å². The van der Waals surface area contributed by atoms with Crippen LogP contribution in [0, 0.1) is 6.92 Å². The summed E-state index contributed by atoms with van der Waals surface area (Å²) >= 11 is 1.53. The maximum absolute atomic E-state index is 12.7. The van der Waals surface area contributed by atoms with Gasteiger partial charge in [0.2, 0.25) is 5.82 Å². The fraction of sp³-hybridized carbons (Fsp3) is 0.111. The van der Waals surface area contributed by atoms with Gasteiger partial charge in [-0.05, 0) is 40.4 Å². The fourth-order valence-electron chi connectivity index (χ4n) is 2.39. The molecule has 3 heterocycles. The highest BCUT2D eigenvalue weighted by Gasteiger charge is 2.19. The molecule has 0 unspecified atom stereocenters. The van der Waals surface area contributed by atoms with Gasteiger partial charge in [0.05, 0.1) is 0 Å². The fourth-order valence-corrected chi connectivity index (χ4v) is 3.03. The second-order valence-corrected chi connectivity index (χ2v) is 6.46. The van der Waals surface area contributed by atoms with Gasteiger partial charge in [0, 0.05) is 10.9 Å². The first-order valence-corrected chi connectivity index (χ1v) is 9.19. The van der Waals surface area contributed by atoms with Crippen LogP contribution in [0.25, 0.3) is 23.2 Å². The van der Waals surface area contributed by atoms with Gasteiger partial charge in [-0.1, -0.05) is 35.5 Å². The molecule has 0 N–H and O–H groups in total. The van der Waals surface area contributed by atoms with Gasteiger partial charge in [0.15, 0.2) is 18.1 Å². The van der Waals surface area contributed by atoms with Crippen molar-refractivity contribution in [3.05, 3.63) is 64.4 Å². The molecule has 0 atom stereocenters. The van der Waals surface area contributed by atoms with E-state index >= 15 is 0 Å². The van der Waals surface area contributed by atoms with E-state index in [0.29, 0.717) is 11.6 Å². The van der Waals surface area contributed by atoms with Gasteiger partial charge >= 0.3 is 5.97 Å². The number of carbonyl (C=O) groups excluding carboxylic acids is 1. The summed E-state index contributed by atoms with van der Waals surface area (Å²) in [5.41, 5.74) is 1.83. The second-order valence-electron chi connectivity index (χ2n) is 5.68. The van der Waals surface area contributed by atoms with Crippen LogP contribution in [0.1, 0.15) is 17.3 Å². The SMILES string of the molecule is Cc1nnnn1/C(=C\c1ccccc1)C(=O)OCc1nc(-c2ccsc2)no1. The number of carbonyl (C=O) groups is 1. The van der Waals surface area contributed by atoms with Crippen molar-refractivity contribution in [3.63, 3.8) is 0 Å². The van der Waals surface area contributed by atoms with Gasteiger partial charge in [-0.2, -0.15) is 21.0 Å². The summed E-state index contributed by atoms with van der Waals surface area (Å²) in [6.07, 6.45) is 1.65. The first-order chi connectivity index (χ1) is 13.7. The number of hydrogen-bond donors (Lipinski definition) is 0. The molecule has 0 saturated carbocycles. The van der Waals surface area contributed by atoms with Crippen LogP contribution in [0.5, 0.6) is 0 Å². The Morgan fingerprint density at radius 3 is 2.86 bits per heavy atom. The quantitative estimate of drug-likeness (QED) is 0.363. The third-order valence-electron chi connectivity index (χ3n) is 3.74. The molecular formula is C18H14N6O3S. The van der Waals surface area contributed by atoms with E-state index in [4.69, 9.17) is 9.26 Å². The van der Waals surface area contributed by atoms with Crippen LogP contribution in [-0.2, 0) is 16.1 Å². The summed E-state index contributed by atoms with van der Waals surface area (Å²) in [6.45, 7) is 1.53. The predicted octanol–water partition coefficient (Wildman–Crippen LogP) is 2.83. The number of ether oxygens (including phenoxy) is 1. The first-order valence-electron chi connectivity index (χ1n) is 8.25. The Kier molecular flexibility index (Phi) is 5.02. The molecule has 0 radical (unpaired) electrons. The molecule has 0 aliphatic heterocycles. The van der Waals surface area contributed by atoms with Crippen LogP contribution in [0.4, 0.5) is 0 Å². The molecule has 9 nitrogen and oxygen atoms in total. The lowest BCUT2D eigenvalue weighted by Gasteiger charge is -2.07. The van der Waals surface area contributed by atoms with Gasteiger partial charge < -0.3 is 9.26 Å². The monoisotopic (exact) mass is 394 g/mol. The van der Waals surface area contributed by atoms with Crippen LogP contribution in [0.2, 0.25) is 0 Å². The molecule has 0 saturated heterocycles. The number of nitrogens with zero attached hydrogens (tertiary/aromatic N) is 6. The van der Waals surface area contributed by atoms with Crippen LogP contribution in [0.3, 0.4) is 0 Å². The van der Waals surface area contributed by atoms with Gasteiger partial charge in [0.25, 0.3) is 5.89 Å². The lowest BCUT2D eigenvalue weighted by Crippen LogP contribution is -2.15. The number of thiophene rings is 1. The summed E-state index contributed by atoms with van der Waals surface area (Å²) in [5, 5.41) is 19.0. The Hall–Kier alpha value is -3.66. The molecule has 3 aromatic heterocycles. The maximum atomic E-state index is 12.7. The summed E-state index contributed by atoms with van der Waals surface area (Å²) in [5.74, 6) is 0.483. The van der Waals surface area contributed by atoms with Gasteiger partial charge in [-0.3, -0.25) is 0 Å². The lowest BCUT2D eigenvalue weighted by atomic mass is 10.2. The highest BCUT2D eigenvalue weighted by atomic mass is 32.1. The van der Waals surface area contributed by atoms with Crippen molar-refractivity contribution < 1.29 is 14.1 Å². The minimum Gasteiger partial charge on any atom is -0.451 e. The summed E-state index contributed by atoms with van der Waals surface area (Å²) in [6, 6.07) is 11.2. The number of aromatic nitrogens is 6. The van der Waals surface area contributed by atoms with Crippen molar-refractivity contribution in [2.75, 3.05) is 0 Å². The largest absolute Gasteiger partial charge is 0.451 e. The molecule has 140 valence electrons. The zero-order valence-corrected chi connectivity index (χ0v) is 15.5. The van der Waals surface area contributed by atoms with E-state index < -0.39 is 5.97 Å². The number of benzene rings is 1. The number of hydrogen-bond acceptors (Lipinski definition) is 9. The molecule has 4 rings (SSSR count). The Labute approximate surface area is 163 Å². The minimum atomic E-state index is -0.616. The molecule has 0 amide bonds. The number of rotatable bonds is 6. The zero-order valence-electron chi connectivity index (χ0n) is 14.7. The van der Waals surface area contributed by atoms with Crippen molar-refractivity contribution >= 4 is 29.1 Å². The summed E-state index contributed by atoms with van der Waals surface area (Å²) in [4.78, 5) is 16.9. The van der Waals surface area contributed by atoms with Crippen LogP contribution in [0.15, 0.2) is 51.7 Å². The van der Waals surface area contributed by atoms with Crippen molar-refractivity contribution in [2.24, 2.45) is 0 Å². The standard InChI is InChI=1S/C18H14N6O3S/c1-12-20-22-23-24(12)15(9-13-5-3-2-4-6-13)18(25)26-10-16-19-17(21-27-16)14-7-8-28-11-14/h2-9,11H,10H2,1H3/b15-9-. The van der Waals surface area contributed by atoms with E-state index in [2.05, 4.69) is 25.7 Å². The number of tetrazole rings is 1. The van der Waals surface area contributed by atoms with Crippen molar-refractivity contribution in [3.8, 4) is 11.4 Å². The van der Waals surface area contributed by atoms with Crippen molar-refractivity contribution in [1.29, 1.82) is 0 Å². The molecule has 4 aromatic rings. The lowest BCUT2D eigenvalue weighted by molar-refractivity contribution is -0.139.